The molecule has 7 nitrogen and oxygen atoms in total. The van der Waals surface area contributed by atoms with E-state index in [9.17, 15) is 18.0 Å². The average Bonchev–Trinajstić information content (AvgIpc) is 3.22. The van der Waals surface area contributed by atoms with Crippen molar-refractivity contribution in [3.8, 4) is 16.8 Å². The van der Waals surface area contributed by atoms with Crippen LogP contribution in [0.5, 0.6) is 0 Å². The molecule has 0 aliphatic heterocycles. The van der Waals surface area contributed by atoms with Crippen LogP contribution in [0.4, 0.5) is 29.1 Å². The van der Waals surface area contributed by atoms with Crippen molar-refractivity contribution in [2.45, 2.75) is 6.18 Å². The highest BCUT2D eigenvalue weighted by atomic mass is 35.5. The van der Waals surface area contributed by atoms with Crippen molar-refractivity contribution in [3.63, 3.8) is 0 Å². The SMILES string of the molecule is CNc1c(-c2ccc3nn(C)cc3c2)c(=O)n(-c2ccc(Cl)cc2)c2nc(NCC(F)(F)F)c(F)cc12. The van der Waals surface area contributed by atoms with Crippen molar-refractivity contribution < 1.29 is 17.6 Å². The largest absolute Gasteiger partial charge is 0.405 e. The third-order valence-corrected chi connectivity index (χ3v) is 6.05. The van der Waals surface area contributed by atoms with Gasteiger partial charge in [0.2, 0.25) is 0 Å². The van der Waals surface area contributed by atoms with E-state index in [2.05, 4.69) is 15.4 Å². The number of aromatic nitrogens is 4. The Morgan fingerprint density at radius 1 is 1.08 bits per heavy atom. The maximum atomic E-state index is 15.0. The molecule has 0 fully saturated rings. The van der Waals surface area contributed by atoms with Crippen molar-refractivity contribution in [3.05, 3.63) is 75.9 Å². The summed E-state index contributed by atoms with van der Waals surface area (Å²) in [5.41, 5.74) is 1.59. The summed E-state index contributed by atoms with van der Waals surface area (Å²) in [6.45, 7) is -1.49. The summed E-state index contributed by atoms with van der Waals surface area (Å²) < 4.78 is 56.3. The quantitative estimate of drug-likeness (QED) is 0.283. The summed E-state index contributed by atoms with van der Waals surface area (Å²) in [5.74, 6) is -1.62. The Hall–Kier alpha value is -4.12. The van der Waals surface area contributed by atoms with E-state index in [-0.39, 0.29) is 22.3 Å². The van der Waals surface area contributed by atoms with Gasteiger partial charge in [0.25, 0.3) is 5.56 Å². The Morgan fingerprint density at radius 3 is 2.49 bits per heavy atom. The van der Waals surface area contributed by atoms with Crippen molar-refractivity contribution >= 4 is 45.0 Å². The monoisotopic (exact) mass is 530 g/mol. The second kappa shape index (κ2) is 9.07. The highest BCUT2D eigenvalue weighted by Gasteiger charge is 2.28. The van der Waals surface area contributed by atoms with Crippen molar-refractivity contribution in [2.75, 3.05) is 24.2 Å². The maximum Gasteiger partial charge on any atom is 0.405 e. The molecule has 12 heteroatoms. The van der Waals surface area contributed by atoms with Crippen LogP contribution in [0.2, 0.25) is 5.02 Å². The zero-order valence-corrected chi connectivity index (χ0v) is 20.2. The lowest BCUT2D eigenvalue weighted by molar-refractivity contribution is -0.115. The Morgan fingerprint density at radius 2 is 1.81 bits per heavy atom. The number of anilines is 2. The fourth-order valence-corrected chi connectivity index (χ4v) is 4.38. The molecule has 0 unspecified atom stereocenters. The Kier molecular flexibility index (Phi) is 6.03. The number of pyridine rings is 2. The molecule has 0 saturated carbocycles. The average molecular weight is 531 g/mol. The molecule has 2 aromatic carbocycles. The third kappa shape index (κ3) is 4.57. The zero-order chi connectivity index (χ0) is 26.5. The van der Waals surface area contributed by atoms with E-state index < -0.39 is 29.9 Å². The zero-order valence-electron chi connectivity index (χ0n) is 19.5. The lowest BCUT2D eigenvalue weighted by atomic mass is 10.0. The number of hydrogen-bond acceptors (Lipinski definition) is 5. The van der Waals surface area contributed by atoms with Crippen LogP contribution in [0.25, 0.3) is 38.8 Å². The predicted octanol–water partition coefficient (Wildman–Crippen LogP) is 5.75. The minimum absolute atomic E-state index is 0.0334. The first-order valence-corrected chi connectivity index (χ1v) is 11.4. The van der Waals surface area contributed by atoms with Crippen LogP contribution < -0.4 is 16.2 Å². The molecule has 0 bridgehead atoms. The number of aryl methyl sites for hydroxylation is 1. The second-order valence-electron chi connectivity index (χ2n) is 8.35. The number of nitrogens with one attached hydrogen (secondary N) is 2. The lowest BCUT2D eigenvalue weighted by Gasteiger charge is -2.19. The van der Waals surface area contributed by atoms with Crippen molar-refractivity contribution in [1.82, 2.24) is 19.3 Å². The van der Waals surface area contributed by atoms with Gasteiger partial charge in [-0.15, -0.1) is 0 Å². The van der Waals surface area contributed by atoms with Crippen LogP contribution in [0.15, 0.2) is 59.5 Å². The van der Waals surface area contributed by atoms with Gasteiger partial charge >= 0.3 is 6.18 Å². The molecule has 3 aromatic heterocycles. The van der Waals surface area contributed by atoms with Gasteiger partial charge in [-0.05, 0) is 48.0 Å². The van der Waals surface area contributed by atoms with Crippen molar-refractivity contribution in [2.24, 2.45) is 7.05 Å². The summed E-state index contributed by atoms with van der Waals surface area (Å²) in [4.78, 5) is 18.2. The maximum absolute atomic E-state index is 15.0. The number of halogens is 5. The molecule has 0 aliphatic carbocycles. The van der Waals surface area contributed by atoms with E-state index in [1.807, 2.05) is 5.32 Å². The van der Waals surface area contributed by atoms with Gasteiger partial charge in [-0.2, -0.15) is 18.3 Å². The van der Waals surface area contributed by atoms with Crippen LogP contribution in [0.3, 0.4) is 0 Å². The van der Waals surface area contributed by atoms with Gasteiger partial charge in [-0.25, -0.2) is 9.37 Å². The molecule has 0 saturated heterocycles. The van der Waals surface area contributed by atoms with Crippen LogP contribution >= 0.6 is 11.6 Å². The highest BCUT2D eigenvalue weighted by Crippen LogP contribution is 2.35. The first kappa shape index (κ1) is 24.6. The van der Waals surface area contributed by atoms with Gasteiger partial charge in [-0.1, -0.05) is 17.7 Å². The summed E-state index contributed by atoms with van der Waals surface area (Å²) in [7, 11) is 3.35. The number of nitrogens with zero attached hydrogens (tertiary/aromatic N) is 4. The van der Waals surface area contributed by atoms with E-state index in [4.69, 9.17) is 11.6 Å². The summed E-state index contributed by atoms with van der Waals surface area (Å²) in [5, 5.41) is 10.7. The van der Waals surface area contributed by atoms with E-state index in [1.165, 1.54) is 4.57 Å². The van der Waals surface area contributed by atoms with Gasteiger partial charge in [0.1, 0.15) is 6.54 Å². The summed E-state index contributed by atoms with van der Waals surface area (Å²) in [6, 6.07) is 12.6. The van der Waals surface area contributed by atoms with E-state index in [0.29, 0.717) is 16.3 Å². The number of benzene rings is 2. The standard InChI is InChI=1S/C25H19ClF4N6O/c1-31-21-17-10-18(27)22(32-12-25(28,29)30)33-23(17)36(16-6-4-15(26)5-7-16)24(37)20(21)13-3-8-19-14(9-13)11-35(2)34-19/h3-11,31H,12H2,1-2H3,(H,32,33). The first-order valence-electron chi connectivity index (χ1n) is 11.0. The Bertz CT molecular complexity index is 1710. The molecule has 0 atom stereocenters. The van der Waals surface area contributed by atoms with Gasteiger partial charge in [0.15, 0.2) is 17.3 Å². The number of fused-ring (bicyclic) bond motifs is 2. The summed E-state index contributed by atoms with van der Waals surface area (Å²) in [6.07, 6.45) is -2.79. The van der Waals surface area contributed by atoms with E-state index >= 15 is 4.39 Å². The smallest absolute Gasteiger partial charge is 0.387 e. The van der Waals surface area contributed by atoms with Crippen LogP contribution in [-0.4, -0.2) is 39.1 Å². The molecule has 0 amide bonds. The molecular formula is C25H19ClF4N6O. The van der Waals surface area contributed by atoms with Crippen molar-refractivity contribution in [1.29, 1.82) is 0 Å². The number of alkyl halides is 3. The number of rotatable bonds is 5. The van der Waals surface area contributed by atoms with E-state index in [0.717, 1.165) is 17.0 Å². The number of hydrogen-bond donors (Lipinski definition) is 2. The Balaban J connectivity index is 1.85. The molecule has 0 aliphatic rings. The molecule has 2 N–H and O–H groups in total. The lowest BCUT2D eigenvalue weighted by Crippen LogP contribution is -2.25. The molecule has 5 aromatic rings. The predicted molar refractivity (Wildman–Crippen MR) is 136 cm³/mol. The van der Waals surface area contributed by atoms with E-state index in [1.54, 1.807) is 67.4 Å². The minimum Gasteiger partial charge on any atom is -0.387 e. The van der Waals surface area contributed by atoms with Crippen LogP contribution in [0.1, 0.15) is 0 Å². The molecule has 0 spiro atoms. The second-order valence-corrected chi connectivity index (χ2v) is 8.79. The topological polar surface area (TPSA) is 76.8 Å². The molecule has 37 heavy (non-hydrogen) atoms. The molecule has 190 valence electrons. The van der Waals surface area contributed by atoms with Crippen LogP contribution in [-0.2, 0) is 7.05 Å². The molecule has 0 radical (unpaired) electrons. The van der Waals surface area contributed by atoms with Gasteiger partial charge < -0.3 is 10.6 Å². The molecule has 3 heterocycles. The normalized spacial score (nSPS) is 11.9. The van der Waals surface area contributed by atoms with Gasteiger partial charge in [-0.3, -0.25) is 14.0 Å². The minimum atomic E-state index is -4.59. The first-order chi connectivity index (χ1) is 17.6. The molecular weight excluding hydrogens is 512 g/mol. The fourth-order valence-electron chi connectivity index (χ4n) is 4.25. The molecule has 5 rings (SSSR count). The third-order valence-electron chi connectivity index (χ3n) is 5.80. The van der Waals surface area contributed by atoms with Gasteiger partial charge in [0, 0.05) is 36.1 Å². The summed E-state index contributed by atoms with van der Waals surface area (Å²) >= 11 is 6.03. The van der Waals surface area contributed by atoms with Crippen LogP contribution in [0, 0.1) is 5.82 Å². The fraction of sp³-hybridized carbons (Fsp3) is 0.160. The highest BCUT2D eigenvalue weighted by molar-refractivity contribution is 6.30. The van der Waals surface area contributed by atoms with Gasteiger partial charge in [0.05, 0.1) is 22.5 Å². The Labute approximate surface area is 212 Å².